The molecule has 1 aliphatic heterocycles. The van der Waals surface area contributed by atoms with Crippen molar-refractivity contribution in [1.29, 1.82) is 0 Å². The van der Waals surface area contributed by atoms with Crippen LogP contribution in [0, 0.1) is 0 Å². The fourth-order valence-electron chi connectivity index (χ4n) is 4.26. The third-order valence-electron chi connectivity index (χ3n) is 5.70. The molecule has 0 saturated carbocycles. The Morgan fingerprint density at radius 2 is 1.76 bits per heavy atom. The predicted molar refractivity (Wildman–Crippen MR) is 118 cm³/mol. The van der Waals surface area contributed by atoms with Crippen molar-refractivity contribution in [3.8, 4) is 5.75 Å². The molecule has 2 aromatic carbocycles. The Balaban J connectivity index is 1.60. The Bertz CT molecular complexity index is 1070. The summed E-state index contributed by atoms with van der Waals surface area (Å²) in [5.74, 6) is 1.25. The Hall–Kier alpha value is -3.05. The lowest BCUT2D eigenvalue weighted by Crippen LogP contribution is -2.26. The number of carbonyl (C=O) groups excluding carboxylic acids is 1. The fourth-order valence-corrected chi connectivity index (χ4v) is 5.09. The first-order valence-electron chi connectivity index (χ1n) is 9.79. The van der Waals surface area contributed by atoms with Crippen molar-refractivity contribution in [2.75, 3.05) is 17.7 Å². The van der Waals surface area contributed by atoms with Crippen molar-refractivity contribution in [3.63, 3.8) is 0 Å². The van der Waals surface area contributed by atoms with Crippen LogP contribution in [0.15, 0.2) is 77.3 Å². The zero-order chi connectivity index (χ0) is 19.8. The molecule has 5 rings (SSSR count). The first-order valence-corrected chi connectivity index (χ1v) is 10.7. The molecule has 0 radical (unpaired) electrons. The number of methoxy groups -OCH3 is 1. The van der Waals surface area contributed by atoms with Gasteiger partial charge in [0.15, 0.2) is 5.78 Å². The number of allylic oxidation sites excluding steroid dienone is 1. The first kappa shape index (κ1) is 18.0. The molecule has 0 amide bonds. The smallest absolute Gasteiger partial charge is 0.163 e. The van der Waals surface area contributed by atoms with Crippen molar-refractivity contribution in [3.05, 3.63) is 87.8 Å². The molecule has 2 unspecified atom stereocenters. The lowest BCUT2D eigenvalue weighted by molar-refractivity contribution is -0.116. The fraction of sp³-hybridized carbons (Fsp3) is 0.208. The first-order chi connectivity index (χ1) is 14.2. The molecule has 1 aliphatic carbocycles. The van der Waals surface area contributed by atoms with Crippen LogP contribution >= 0.6 is 11.3 Å². The second-order valence-electron chi connectivity index (χ2n) is 7.46. The van der Waals surface area contributed by atoms with E-state index in [-0.39, 0.29) is 17.7 Å². The Morgan fingerprint density at radius 3 is 2.48 bits per heavy atom. The van der Waals surface area contributed by atoms with E-state index >= 15 is 0 Å². The number of Topliss-reactive ketones (excluding diaryl/α,β-unsaturated/α-hetero) is 1. The van der Waals surface area contributed by atoms with Crippen LogP contribution in [0.25, 0.3) is 0 Å². The highest BCUT2D eigenvalue weighted by molar-refractivity contribution is 7.10. The van der Waals surface area contributed by atoms with Crippen LogP contribution in [0.5, 0.6) is 5.75 Å². The van der Waals surface area contributed by atoms with E-state index in [2.05, 4.69) is 40.3 Å². The number of nitrogens with one attached hydrogen (secondary N) is 2. The van der Waals surface area contributed by atoms with Gasteiger partial charge in [0.05, 0.1) is 24.5 Å². The minimum atomic E-state index is -0.191. The predicted octanol–water partition coefficient (Wildman–Crippen LogP) is 5.74. The number of hydrogen-bond acceptors (Lipinski definition) is 5. The van der Waals surface area contributed by atoms with Gasteiger partial charge in [-0.15, -0.1) is 11.3 Å². The van der Waals surface area contributed by atoms with E-state index < -0.39 is 0 Å². The van der Waals surface area contributed by atoms with Crippen LogP contribution < -0.4 is 15.4 Å². The van der Waals surface area contributed by atoms with Gasteiger partial charge in [0.25, 0.3) is 0 Å². The zero-order valence-electron chi connectivity index (χ0n) is 16.1. The third-order valence-corrected chi connectivity index (χ3v) is 6.74. The summed E-state index contributed by atoms with van der Waals surface area (Å²) in [5.41, 5.74) is 4.94. The molecule has 5 heteroatoms. The number of hydrogen-bond donors (Lipinski definition) is 2. The van der Waals surface area contributed by atoms with Crippen molar-refractivity contribution in [1.82, 2.24) is 0 Å². The van der Waals surface area contributed by atoms with Gasteiger partial charge < -0.3 is 15.4 Å². The van der Waals surface area contributed by atoms with Gasteiger partial charge in [0, 0.05) is 28.5 Å². The number of ether oxygens (including phenoxy) is 1. The van der Waals surface area contributed by atoms with Crippen molar-refractivity contribution in [2.45, 2.75) is 24.8 Å². The van der Waals surface area contributed by atoms with Crippen LogP contribution in [0.1, 0.15) is 35.2 Å². The second-order valence-corrected chi connectivity index (χ2v) is 8.44. The third kappa shape index (κ3) is 3.32. The van der Waals surface area contributed by atoms with Crippen LogP contribution in [-0.4, -0.2) is 12.9 Å². The van der Waals surface area contributed by atoms with Gasteiger partial charge in [-0.25, -0.2) is 0 Å². The Kier molecular flexibility index (Phi) is 4.60. The minimum Gasteiger partial charge on any atom is -0.497 e. The lowest BCUT2D eigenvalue weighted by atomic mass is 9.81. The number of anilines is 2. The number of rotatable bonds is 3. The van der Waals surface area contributed by atoms with Crippen LogP contribution in [-0.2, 0) is 4.79 Å². The van der Waals surface area contributed by atoms with Gasteiger partial charge in [0.2, 0.25) is 0 Å². The molecule has 0 saturated heterocycles. The van der Waals surface area contributed by atoms with Gasteiger partial charge in [-0.3, -0.25) is 4.79 Å². The van der Waals surface area contributed by atoms with Crippen molar-refractivity contribution >= 4 is 28.5 Å². The molecule has 4 nitrogen and oxygen atoms in total. The van der Waals surface area contributed by atoms with Gasteiger partial charge in [-0.05, 0) is 47.7 Å². The summed E-state index contributed by atoms with van der Waals surface area (Å²) in [6.07, 6.45) is 1.38. The van der Waals surface area contributed by atoms with E-state index in [9.17, 15) is 4.79 Å². The van der Waals surface area contributed by atoms with E-state index in [4.69, 9.17) is 4.74 Å². The summed E-state index contributed by atoms with van der Waals surface area (Å²) >= 11 is 1.73. The molecular formula is C24H22N2O2S. The lowest BCUT2D eigenvalue weighted by Gasteiger charge is -2.29. The highest BCUT2D eigenvalue weighted by atomic mass is 32.1. The number of ketones is 1. The monoisotopic (exact) mass is 402 g/mol. The molecule has 2 heterocycles. The van der Waals surface area contributed by atoms with Gasteiger partial charge in [-0.1, -0.05) is 30.3 Å². The average Bonchev–Trinajstić information content (AvgIpc) is 3.23. The second kappa shape index (κ2) is 7.41. The highest BCUT2D eigenvalue weighted by Crippen LogP contribution is 2.44. The summed E-state index contributed by atoms with van der Waals surface area (Å²) in [7, 11) is 1.66. The molecule has 0 spiro atoms. The normalized spacial score (nSPS) is 20.8. The SMILES string of the molecule is COc1ccc(C2Nc3ccccc3NC3=C2C(=O)CC(c2cccs2)C3)cc1. The van der Waals surface area contributed by atoms with Gasteiger partial charge in [0.1, 0.15) is 5.75 Å². The van der Waals surface area contributed by atoms with E-state index in [0.29, 0.717) is 6.42 Å². The van der Waals surface area contributed by atoms with E-state index in [1.807, 2.05) is 36.4 Å². The average molecular weight is 403 g/mol. The maximum Gasteiger partial charge on any atom is 0.163 e. The summed E-state index contributed by atoms with van der Waals surface area (Å²) < 4.78 is 5.31. The number of thiophene rings is 1. The largest absolute Gasteiger partial charge is 0.497 e. The molecule has 1 aromatic heterocycles. The van der Waals surface area contributed by atoms with Crippen molar-refractivity contribution < 1.29 is 9.53 Å². The van der Waals surface area contributed by atoms with E-state index in [1.54, 1.807) is 18.4 Å². The molecule has 146 valence electrons. The topological polar surface area (TPSA) is 50.4 Å². The van der Waals surface area contributed by atoms with E-state index in [1.165, 1.54) is 4.88 Å². The summed E-state index contributed by atoms with van der Waals surface area (Å²) in [6.45, 7) is 0. The standard InChI is InChI=1S/C24H22N2O2S/c1-28-17-10-8-15(9-11-17)24-23-20(25-18-5-2-3-6-19(18)26-24)13-16(14-21(23)27)22-7-4-12-29-22/h2-12,16,24-26H,13-14H2,1H3. The number of carbonyl (C=O) groups is 1. The molecule has 0 bridgehead atoms. The van der Waals surface area contributed by atoms with Gasteiger partial charge in [-0.2, -0.15) is 0 Å². The van der Waals surface area contributed by atoms with Crippen LogP contribution in [0.4, 0.5) is 11.4 Å². The van der Waals surface area contributed by atoms with Gasteiger partial charge >= 0.3 is 0 Å². The number of para-hydroxylation sites is 2. The zero-order valence-corrected chi connectivity index (χ0v) is 17.0. The summed E-state index contributed by atoms with van der Waals surface area (Å²) in [6, 6.07) is 20.1. The van der Waals surface area contributed by atoms with E-state index in [0.717, 1.165) is 40.4 Å². The summed E-state index contributed by atoms with van der Waals surface area (Å²) in [5, 5.41) is 9.28. The Labute approximate surface area is 174 Å². The molecule has 3 aromatic rings. The maximum absolute atomic E-state index is 13.4. The molecule has 29 heavy (non-hydrogen) atoms. The molecule has 2 atom stereocenters. The highest BCUT2D eigenvalue weighted by Gasteiger charge is 2.36. The number of fused-ring (bicyclic) bond motifs is 1. The van der Waals surface area contributed by atoms with Crippen LogP contribution in [0.3, 0.4) is 0 Å². The van der Waals surface area contributed by atoms with Crippen LogP contribution in [0.2, 0.25) is 0 Å². The molecule has 2 aliphatic rings. The molecule has 0 fully saturated rings. The maximum atomic E-state index is 13.4. The minimum absolute atomic E-state index is 0.191. The quantitative estimate of drug-likeness (QED) is 0.587. The molecular weight excluding hydrogens is 380 g/mol. The van der Waals surface area contributed by atoms with Crippen molar-refractivity contribution in [2.24, 2.45) is 0 Å². The Morgan fingerprint density at radius 1 is 0.966 bits per heavy atom. The summed E-state index contributed by atoms with van der Waals surface area (Å²) in [4.78, 5) is 14.7. The number of benzene rings is 2. The molecule has 2 N–H and O–H groups in total.